The molecule has 1 saturated heterocycles. The summed E-state index contributed by atoms with van der Waals surface area (Å²) in [5.41, 5.74) is 3.14. The normalized spacial score (nSPS) is 22.9. The first-order chi connectivity index (χ1) is 9.55. The third-order valence-electron chi connectivity index (χ3n) is 4.78. The molecule has 1 aliphatic heterocycles. The molecule has 0 amide bonds. The van der Waals surface area contributed by atoms with Crippen LogP contribution in [0.4, 0.5) is 0 Å². The second-order valence-electron chi connectivity index (χ2n) is 7.36. The maximum Gasteiger partial charge on any atom is 0.0780 e. The van der Waals surface area contributed by atoms with Gasteiger partial charge in [-0.25, -0.2) is 0 Å². The average Bonchev–Trinajstić information content (AvgIpc) is 3.03. The van der Waals surface area contributed by atoms with E-state index in [1.165, 1.54) is 38.9 Å². The number of fused-ring (bicyclic) bond motifs is 1. The van der Waals surface area contributed by atoms with Gasteiger partial charge in [0.15, 0.2) is 0 Å². The SMILES string of the molecule is C[Si](C)(C)C1=CC(CCN2CCCC2)c2ccccc21. The molecule has 1 aromatic carbocycles. The van der Waals surface area contributed by atoms with E-state index >= 15 is 0 Å². The topological polar surface area (TPSA) is 3.24 Å². The van der Waals surface area contributed by atoms with Gasteiger partial charge in [-0.15, -0.1) is 0 Å². The largest absolute Gasteiger partial charge is 0.303 e. The smallest absolute Gasteiger partial charge is 0.0780 e. The monoisotopic (exact) mass is 285 g/mol. The van der Waals surface area contributed by atoms with Crippen molar-refractivity contribution in [2.45, 2.75) is 44.8 Å². The van der Waals surface area contributed by atoms with Gasteiger partial charge in [-0.1, -0.05) is 55.2 Å². The van der Waals surface area contributed by atoms with E-state index in [2.05, 4.69) is 54.9 Å². The highest BCUT2D eigenvalue weighted by atomic mass is 28.3. The molecule has 1 aliphatic carbocycles. The Morgan fingerprint density at radius 1 is 1.10 bits per heavy atom. The van der Waals surface area contributed by atoms with E-state index in [0.29, 0.717) is 5.92 Å². The summed E-state index contributed by atoms with van der Waals surface area (Å²) in [6.07, 6.45) is 6.70. The van der Waals surface area contributed by atoms with Crippen molar-refractivity contribution in [1.82, 2.24) is 4.90 Å². The number of nitrogens with zero attached hydrogens (tertiary/aromatic N) is 1. The zero-order valence-corrected chi connectivity index (χ0v) is 14.2. The third kappa shape index (κ3) is 2.77. The summed E-state index contributed by atoms with van der Waals surface area (Å²) in [7, 11) is -1.23. The predicted molar refractivity (Wildman–Crippen MR) is 90.8 cm³/mol. The van der Waals surface area contributed by atoms with E-state index in [0.717, 1.165) is 0 Å². The van der Waals surface area contributed by atoms with Crippen LogP contribution >= 0.6 is 0 Å². The van der Waals surface area contributed by atoms with Crippen LogP contribution in [-0.4, -0.2) is 32.6 Å². The number of benzene rings is 1. The molecule has 1 nitrogen and oxygen atoms in total. The van der Waals surface area contributed by atoms with Crippen LogP contribution in [0.2, 0.25) is 19.6 Å². The van der Waals surface area contributed by atoms with Gasteiger partial charge in [-0.2, -0.15) is 0 Å². The Balaban J connectivity index is 1.79. The van der Waals surface area contributed by atoms with Gasteiger partial charge in [0.25, 0.3) is 0 Å². The molecule has 0 spiro atoms. The molecule has 2 heteroatoms. The van der Waals surface area contributed by atoms with Gasteiger partial charge in [-0.05, 0) is 50.0 Å². The molecule has 1 aromatic rings. The first kappa shape index (κ1) is 14.1. The summed E-state index contributed by atoms with van der Waals surface area (Å²) in [5, 5.41) is 1.68. The fraction of sp³-hybridized carbons (Fsp3) is 0.556. The lowest BCUT2D eigenvalue weighted by Crippen LogP contribution is -2.22. The van der Waals surface area contributed by atoms with E-state index < -0.39 is 8.07 Å². The molecule has 0 saturated carbocycles. The van der Waals surface area contributed by atoms with Crippen LogP contribution in [0.5, 0.6) is 0 Å². The fourth-order valence-electron chi connectivity index (χ4n) is 3.67. The molecule has 20 heavy (non-hydrogen) atoms. The Kier molecular flexibility index (Phi) is 3.87. The number of likely N-dealkylation sites (tertiary alicyclic amines) is 1. The lowest BCUT2D eigenvalue weighted by Gasteiger charge is -2.19. The lowest BCUT2D eigenvalue weighted by molar-refractivity contribution is 0.329. The zero-order valence-electron chi connectivity index (χ0n) is 13.2. The van der Waals surface area contributed by atoms with Crippen LogP contribution in [0.1, 0.15) is 36.3 Å². The van der Waals surface area contributed by atoms with Crippen LogP contribution in [-0.2, 0) is 0 Å². The molecule has 0 bridgehead atoms. The minimum Gasteiger partial charge on any atom is -0.303 e. The standard InChI is InChI=1S/C18H27NSi/c1-20(2,3)18-14-15(10-13-19-11-6-7-12-19)16-8-4-5-9-17(16)18/h4-5,8-9,14-15H,6-7,10-13H2,1-3H3. The van der Waals surface area contributed by atoms with E-state index in [9.17, 15) is 0 Å². The molecule has 0 aromatic heterocycles. The Morgan fingerprint density at radius 2 is 1.80 bits per heavy atom. The minimum atomic E-state index is -1.23. The van der Waals surface area contributed by atoms with Crippen molar-refractivity contribution in [3.05, 3.63) is 41.5 Å². The van der Waals surface area contributed by atoms with Crippen LogP contribution in [0.15, 0.2) is 30.3 Å². The average molecular weight is 286 g/mol. The molecule has 0 N–H and O–H groups in total. The maximum atomic E-state index is 2.64. The Bertz CT molecular complexity index is 506. The van der Waals surface area contributed by atoms with Crippen LogP contribution < -0.4 is 0 Å². The molecule has 1 unspecified atom stereocenters. The molecule has 2 aliphatic rings. The second kappa shape index (κ2) is 5.49. The van der Waals surface area contributed by atoms with Crippen molar-refractivity contribution < 1.29 is 0 Å². The summed E-state index contributed by atoms with van der Waals surface area (Å²) < 4.78 is 0. The van der Waals surface area contributed by atoms with Crippen molar-refractivity contribution in [3.63, 3.8) is 0 Å². The number of rotatable bonds is 4. The van der Waals surface area contributed by atoms with Crippen LogP contribution in [0.3, 0.4) is 0 Å². The zero-order chi connectivity index (χ0) is 14.2. The van der Waals surface area contributed by atoms with E-state index in [-0.39, 0.29) is 0 Å². The van der Waals surface area contributed by atoms with E-state index in [1.807, 2.05) is 0 Å². The summed E-state index contributed by atoms with van der Waals surface area (Å²) in [5.74, 6) is 0.661. The summed E-state index contributed by atoms with van der Waals surface area (Å²) in [4.78, 5) is 2.64. The molecule has 1 heterocycles. The van der Waals surface area contributed by atoms with E-state index in [4.69, 9.17) is 0 Å². The van der Waals surface area contributed by atoms with Crippen molar-refractivity contribution >= 4 is 13.3 Å². The fourth-order valence-corrected chi connectivity index (χ4v) is 5.40. The van der Waals surface area contributed by atoms with Crippen LogP contribution in [0.25, 0.3) is 5.20 Å². The van der Waals surface area contributed by atoms with Crippen molar-refractivity contribution in [1.29, 1.82) is 0 Å². The highest BCUT2D eigenvalue weighted by Crippen LogP contribution is 2.42. The minimum absolute atomic E-state index is 0.661. The lowest BCUT2D eigenvalue weighted by atomic mass is 9.97. The Hall–Kier alpha value is -0.863. The van der Waals surface area contributed by atoms with Gasteiger partial charge in [0.1, 0.15) is 0 Å². The molecule has 1 fully saturated rings. The summed E-state index contributed by atoms with van der Waals surface area (Å²) in [6, 6.07) is 9.11. The van der Waals surface area contributed by atoms with Gasteiger partial charge in [0.2, 0.25) is 0 Å². The molecular formula is C18H27NSi. The van der Waals surface area contributed by atoms with Gasteiger partial charge in [-0.3, -0.25) is 0 Å². The van der Waals surface area contributed by atoms with Crippen molar-refractivity contribution in [2.75, 3.05) is 19.6 Å². The molecular weight excluding hydrogens is 258 g/mol. The Morgan fingerprint density at radius 3 is 2.50 bits per heavy atom. The van der Waals surface area contributed by atoms with Gasteiger partial charge in [0.05, 0.1) is 8.07 Å². The predicted octanol–water partition coefficient (Wildman–Crippen LogP) is 4.53. The summed E-state index contributed by atoms with van der Waals surface area (Å²) >= 11 is 0. The highest BCUT2D eigenvalue weighted by Gasteiger charge is 2.30. The van der Waals surface area contributed by atoms with Crippen molar-refractivity contribution in [3.8, 4) is 0 Å². The Labute approximate surface area is 124 Å². The van der Waals surface area contributed by atoms with E-state index in [1.54, 1.807) is 16.3 Å². The summed E-state index contributed by atoms with van der Waals surface area (Å²) in [6.45, 7) is 11.3. The number of hydrogen-bond acceptors (Lipinski definition) is 1. The first-order valence-corrected chi connectivity index (χ1v) is 11.6. The molecule has 0 radical (unpaired) electrons. The third-order valence-corrected chi connectivity index (χ3v) is 6.83. The molecule has 3 rings (SSSR count). The maximum absolute atomic E-state index is 2.64. The van der Waals surface area contributed by atoms with Gasteiger partial charge < -0.3 is 4.90 Å². The molecule has 1 atom stereocenters. The molecule has 108 valence electrons. The van der Waals surface area contributed by atoms with Gasteiger partial charge in [0, 0.05) is 5.92 Å². The quantitative estimate of drug-likeness (QED) is 0.735. The van der Waals surface area contributed by atoms with Crippen LogP contribution in [0, 0.1) is 0 Å². The first-order valence-electron chi connectivity index (χ1n) is 8.09. The van der Waals surface area contributed by atoms with Crippen molar-refractivity contribution in [2.24, 2.45) is 0 Å². The number of allylic oxidation sites excluding steroid dienone is 1. The van der Waals surface area contributed by atoms with Gasteiger partial charge >= 0.3 is 0 Å². The second-order valence-corrected chi connectivity index (χ2v) is 12.4. The highest BCUT2D eigenvalue weighted by molar-refractivity contribution is 6.93. The number of hydrogen-bond donors (Lipinski definition) is 0.